The van der Waals surface area contributed by atoms with Crippen LogP contribution in [0.4, 0.5) is 0 Å². The topological polar surface area (TPSA) is 91.5 Å². The van der Waals surface area contributed by atoms with Crippen LogP contribution in [0.25, 0.3) is 22.2 Å². The van der Waals surface area contributed by atoms with Crippen LogP contribution >= 0.6 is 0 Å². The first kappa shape index (κ1) is 20.3. The molecular formula is C24H20N2O5. The summed E-state index contributed by atoms with van der Waals surface area (Å²) in [5.74, 6) is 0.125. The van der Waals surface area contributed by atoms with Gasteiger partial charge in [-0.1, -0.05) is 59.8 Å². The number of hydrogen-bond donors (Lipinski definition) is 0. The molecule has 0 atom stereocenters. The SMILES string of the molecule is COC(=O)c1cc2ccccc2cc1OC(=O)CCCc1nc(-c2ccccc2)no1. The Labute approximate surface area is 178 Å². The molecule has 0 aliphatic carbocycles. The van der Waals surface area contributed by atoms with Gasteiger partial charge in [0.2, 0.25) is 11.7 Å². The molecule has 4 rings (SSSR count). The smallest absolute Gasteiger partial charge is 0.341 e. The molecule has 1 aromatic heterocycles. The van der Waals surface area contributed by atoms with Crippen LogP contribution < -0.4 is 4.74 Å². The highest BCUT2D eigenvalue weighted by Gasteiger charge is 2.18. The largest absolute Gasteiger partial charge is 0.465 e. The van der Waals surface area contributed by atoms with Gasteiger partial charge in [0, 0.05) is 18.4 Å². The Morgan fingerprint density at radius 3 is 2.42 bits per heavy atom. The van der Waals surface area contributed by atoms with Gasteiger partial charge in [-0.25, -0.2) is 4.79 Å². The average molecular weight is 416 g/mol. The number of fused-ring (bicyclic) bond motifs is 1. The van der Waals surface area contributed by atoms with Gasteiger partial charge in [-0.2, -0.15) is 4.98 Å². The Bertz CT molecular complexity index is 1220. The van der Waals surface area contributed by atoms with E-state index in [0.29, 0.717) is 24.6 Å². The highest BCUT2D eigenvalue weighted by atomic mass is 16.5. The van der Waals surface area contributed by atoms with Crippen molar-refractivity contribution in [3.8, 4) is 17.1 Å². The number of benzene rings is 3. The second-order valence-corrected chi connectivity index (χ2v) is 6.89. The molecule has 0 spiro atoms. The van der Waals surface area contributed by atoms with Crippen LogP contribution in [0.15, 0.2) is 71.3 Å². The first-order valence-electron chi connectivity index (χ1n) is 9.84. The quantitative estimate of drug-likeness (QED) is 0.321. The number of aryl methyl sites for hydroxylation is 1. The lowest BCUT2D eigenvalue weighted by atomic mass is 10.1. The summed E-state index contributed by atoms with van der Waals surface area (Å²) in [6, 6.07) is 20.3. The number of hydrogen-bond acceptors (Lipinski definition) is 7. The van der Waals surface area contributed by atoms with Gasteiger partial charge in [-0.05, 0) is 29.3 Å². The monoisotopic (exact) mass is 416 g/mol. The zero-order valence-corrected chi connectivity index (χ0v) is 16.9. The van der Waals surface area contributed by atoms with Crippen molar-refractivity contribution in [2.45, 2.75) is 19.3 Å². The molecule has 0 aliphatic rings. The maximum Gasteiger partial charge on any atom is 0.341 e. The lowest BCUT2D eigenvalue weighted by Crippen LogP contribution is -2.12. The van der Waals surface area contributed by atoms with Gasteiger partial charge in [0.1, 0.15) is 11.3 Å². The molecule has 31 heavy (non-hydrogen) atoms. The summed E-state index contributed by atoms with van der Waals surface area (Å²) < 4.78 is 15.6. The predicted molar refractivity (Wildman–Crippen MR) is 114 cm³/mol. The number of aromatic nitrogens is 2. The molecule has 0 aliphatic heterocycles. The minimum Gasteiger partial charge on any atom is -0.465 e. The van der Waals surface area contributed by atoms with E-state index >= 15 is 0 Å². The standard InChI is InChI=1S/C24H20N2O5/c1-29-24(28)19-14-17-10-5-6-11-18(17)15-20(19)30-22(27)13-7-12-21-25-23(26-31-21)16-8-3-2-4-9-16/h2-6,8-11,14-15H,7,12-13H2,1H3. The van der Waals surface area contributed by atoms with Crippen LogP contribution in [-0.4, -0.2) is 29.2 Å². The summed E-state index contributed by atoms with van der Waals surface area (Å²) in [4.78, 5) is 28.9. The van der Waals surface area contributed by atoms with Gasteiger partial charge in [-0.3, -0.25) is 4.79 Å². The van der Waals surface area contributed by atoms with Gasteiger partial charge >= 0.3 is 11.9 Å². The van der Waals surface area contributed by atoms with E-state index in [1.807, 2.05) is 54.6 Å². The third-order valence-corrected chi connectivity index (χ3v) is 4.75. The zero-order valence-electron chi connectivity index (χ0n) is 16.9. The second kappa shape index (κ2) is 9.21. The van der Waals surface area contributed by atoms with Crippen molar-refractivity contribution in [2.24, 2.45) is 0 Å². The van der Waals surface area contributed by atoms with E-state index in [1.54, 1.807) is 12.1 Å². The predicted octanol–water partition coefficient (Wildman–Crippen LogP) is 4.60. The number of rotatable bonds is 7. The Morgan fingerprint density at radius 1 is 0.968 bits per heavy atom. The fraction of sp³-hybridized carbons (Fsp3) is 0.167. The molecule has 0 N–H and O–H groups in total. The summed E-state index contributed by atoms with van der Waals surface area (Å²) in [6.45, 7) is 0. The molecule has 0 unspecified atom stereocenters. The number of esters is 2. The van der Waals surface area contributed by atoms with E-state index in [1.165, 1.54) is 7.11 Å². The summed E-state index contributed by atoms with van der Waals surface area (Å²) in [7, 11) is 1.29. The minimum absolute atomic E-state index is 0.135. The first-order chi connectivity index (χ1) is 15.1. The molecule has 156 valence electrons. The first-order valence-corrected chi connectivity index (χ1v) is 9.84. The van der Waals surface area contributed by atoms with Gasteiger partial charge in [0.15, 0.2) is 0 Å². The fourth-order valence-corrected chi connectivity index (χ4v) is 3.19. The lowest BCUT2D eigenvalue weighted by molar-refractivity contribution is -0.134. The Balaban J connectivity index is 1.39. The molecule has 7 heteroatoms. The van der Waals surface area contributed by atoms with Crippen molar-refractivity contribution in [1.82, 2.24) is 10.1 Å². The Kier molecular flexibility index (Phi) is 6.03. The molecule has 3 aromatic carbocycles. The number of carbonyl (C=O) groups is 2. The maximum atomic E-state index is 12.4. The van der Waals surface area contributed by atoms with Crippen LogP contribution in [-0.2, 0) is 16.0 Å². The minimum atomic E-state index is -0.562. The van der Waals surface area contributed by atoms with Gasteiger partial charge in [-0.15, -0.1) is 0 Å². The number of methoxy groups -OCH3 is 1. The number of ether oxygens (including phenoxy) is 2. The molecule has 0 amide bonds. The van der Waals surface area contributed by atoms with Crippen LogP contribution in [0.2, 0.25) is 0 Å². The molecule has 0 fully saturated rings. The van der Waals surface area contributed by atoms with Crippen molar-refractivity contribution in [3.63, 3.8) is 0 Å². The summed E-state index contributed by atoms with van der Waals surface area (Å²) >= 11 is 0. The third-order valence-electron chi connectivity index (χ3n) is 4.75. The molecule has 7 nitrogen and oxygen atoms in total. The third kappa shape index (κ3) is 4.78. The summed E-state index contributed by atoms with van der Waals surface area (Å²) in [6.07, 6.45) is 1.05. The molecular weight excluding hydrogens is 396 g/mol. The maximum absolute atomic E-state index is 12.4. The molecule has 1 heterocycles. The van der Waals surface area contributed by atoms with Gasteiger partial charge in [0.25, 0.3) is 0 Å². The average Bonchev–Trinajstić information content (AvgIpc) is 3.27. The van der Waals surface area contributed by atoms with Gasteiger partial charge < -0.3 is 14.0 Å². The van der Waals surface area contributed by atoms with Crippen LogP contribution in [0, 0.1) is 0 Å². The normalized spacial score (nSPS) is 10.7. The second-order valence-electron chi connectivity index (χ2n) is 6.89. The van der Waals surface area contributed by atoms with E-state index in [0.717, 1.165) is 16.3 Å². The summed E-state index contributed by atoms with van der Waals surface area (Å²) in [5.41, 5.74) is 1.07. The van der Waals surface area contributed by atoms with Crippen LogP contribution in [0.1, 0.15) is 29.1 Å². The Morgan fingerprint density at radius 2 is 1.68 bits per heavy atom. The molecule has 0 radical (unpaired) electrons. The number of nitrogens with zero attached hydrogens (tertiary/aromatic N) is 2. The highest BCUT2D eigenvalue weighted by molar-refractivity contribution is 5.99. The molecule has 0 saturated carbocycles. The van der Waals surface area contributed by atoms with Crippen molar-refractivity contribution < 1.29 is 23.6 Å². The van der Waals surface area contributed by atoms with Crippen molar-refractivity contribution in [3.05, 3.63) is 78.2 Å². The van der Waals surface area contributed by atoms with Crippen molar-refractivity contribution in [2.75, 3.05) is 7.11 Å². The summed E-state index contributed by atoms with van der Waals surface area (Å²) in [5, 5.41) is 5.68. The van der Waals surface area contributed by atoms with Gasteiger partial charge in [0.05, 0.1) is 7.11 Å². The van der Waals surface area contributed by atoms with E-state index in [9.17, 15) is 9.59 Å². The zero-order chi connectivity index (χ0) is 21.6. The Hall–Kier alpha value is -4.00. The van der Waals surface area contributed by atoms with E-state index in [4.69, 9.17) is 14.0 Å². The lowest BCUT2D eigenvalue weighted by Gasteiger charge is -2.10. The van der Waals surface area contributed by atoms with Crippen molar-refractivity contribution in [1.29, 1.82) is 0 Å². The molecule has 4 aromatic rings. The molecule has 0 saturated heterocycles. The van der Waals surface area contributed by atoms with Crippen LogP contribution in [0.3, 0.4) is 0 Å². The fourth-order valence-electron chi connectivity index (χ4n) is 3.19. The van der Waals surface area contributed by atoms with Crippen LogP contribution in [0.5, 0.6) is 5.75 Å². The molecule has 0 bridgehead atoms. The van der Waals surface area contributed by atoms with E-state index in [2.05, 4.69) is 10.1 Å². The highest BCUT2D eigenvalue weighted by Crippen LogP contribution is 2.27. The van der Waals surface area contributed by atoms with E-state index < -0.39 is 11.9 Å². The van der Waals surface area contributed by atoms with E-state index in [-0.39, 0.29) is 17.7 Å². The van der Waals surface area contributed by atoms with Crippen molar-refractivity contribution >= 4 is 22.7 Å². The number of carbonyl (C=O) groups excluding carboxylic acids is 2.